The van der Waals surface area contributed by atoms with E-state index in [9.17, 15) is 0 Å². The van der Waals surface area contributed by atoms with E-state index in [-0.39, 0.29) is 17.1 Å². The first kappa shape index (κ1) is 8.52. The summed E-state index contributed by atoms with van der Waals surface area (Å²) in [6, 6.07) is 0. The summed E-state index contributed by atoms with van der Waals surface area (Å²) in [5.41, 5.74) is 0. The summed E-state index contributed by atoms with van der Waals surface area (Å²) in [7, 11) is 0. The smallest absolute Gasteiger partial charge is 0 e. The minimum atomic E-state index is 0. The Hall–Kier alpha value is 0.519. The summed E-state index contributed by atoms with van der Waals surface area (Å²) in [6.45, 7) is 3.87. The largest absolute Gasteiger partial charge is 0.343 e. The van der Waals surface area contributed by atoms with Crippen molar-refractivity contribution in [2.75, 3.05) is 0 Å². The molecular weight excluding hydrogens is 140 g/mol. The quantitative estimate of drug-likeness (QED) is 0.400. The second-order valence-corrected chi connectivity index (χ2v) is 2.44. The van der Waals surface area contributed by atoms with Gasteiger partial charge < -0.3 is 6.92 Å². The molecule has 0 radical (unpaired) electrons. The summed E-state index contributed by atoms with van der Waals surface area (Å²) in [6.07, 6.45) is 6.98. The molecule has 0 aromatic heterocycles. The molecular formula is C7H13Fe-. The van der Waals surface area contributed by atoms with Crippen LogP contribution in [0.2, 0.25) is 0 Å². The van der Waals surface area contributed by atoms with Crippen molar-refractivity contribution in [3.63, 3.8) is 0 Å². The molecule has 1 saturated carbocycles. The van der Waals surface area contributed by atoms with Crippen LogP contribution in [0.5, 0.6) is 0 Å². The van der Waals surface area contributed by atoms with Crippen molar-refractivity contribution in [1.82, 2.24) is 0 Å². The molecule has 50 valence electrons. The van der Waals surface area contributed by atoms with E-state index in [4.69, 9.17) is 0 Å². The third-order valence-corrected chi connectivity index (χ3v) is 1.88. The van der Waals surface area contributed by atoms with E-state index < -0.39 is 0 Å². The van der Waals surface area contributed by atoms with Crippen molar-refractivity contribution in [2.24, 2.45) is 5.92 Å². The Morgan fingerprint density at radius 3 is 2.00 bits per heavy atom. The van der Waals surface area contributed by atoms with E-state index in [1.54, 1.807) is 0 Å². The first-order valence-electron chi connectivity index (χ1n) is 3.22. The fraction of sp³-hybridized carbons (Fsp3) is 0.857. The molecule has 0 spiro atoms. The molecule has 1 fully saturated rings. The van der Waals surface area contributed by atoms with Gasteiger partial charge in [0.15, 0.2) is 0 Å². The van der Waals surface area contributed by atoms with Crippen molar-refractivity contribution >= 4 is 0 Å². The van der Waals surface area contributed by atoms with Crippen molar-refractivity contribution in [3.8, 4) is 0 Å². The molecule has 1 rings (SSSR count). The van der Waals surface area contributed by atoms with E-state index >= 15 is 0 Å². The predicted molar refractivity (Wildman–Crippen MR) is 31.9 cm³/mol. The Kier molecular flexibility index (Phi) is 4.69. The van der Waals surface area contributed by atoms with Crippen LogP contribution in [-0.4, -0.2) is 0 Å². The second-order valence-electron chi connectivity index (χ2n) is 2.44. The zero-order valence-corrected chi connectivity index (χ0v) is 6.28. The minimum Gasteiger partial charge on any atom is -0.343 e. The molecule has 0 amide bonds. The van der Waals surface area contributed by atoms with E-state index in [2.05, 4.69) is 6.92 Å². The topological polar surface area (TPSA) is 0 Å². The zero-order chi connectivity index (χ0) is 5.11. The van der Waals surface area contributed by atoms with Crippen LogP contribution in [-0.2, 0) is 17.1 Å². The maximum Gasteiger partial charge on any atom is 0 e. The van der Waals surface area contributed by atoms with E-state index in [1.807, 2.05) is 0 Å². The molecule has 0 saturated heterocycles. The van der Waals surface area contributed by atoms with Gasteiger partial charge >= 0.3 is 0 Å². The number of rotatable bonds is 1. The van der Waals surface area contributed by atoms with Crippen LogP contribution in [0.25, 0.3) is 0 Å². The maximum absolute atomic E-state index is 3.87. The van der Waals surface area contributed by atoms with Crippen molar-refractivity contribution in [1.29, 1.82) is 0 Å². The number of hydrogen-bond donors (Lipinski definition) is 0. The average Bonchev–Trinajstić information content (AvgIpc) is 2.14. The van der Waals surface area contributed by atoms with Gasteiger partial charge in [-0.25, -0.2) is 0 Å². The van der Waals surface area contributed by atoms with Gasteiger partial charge in [0.25, 0.3) is 0 Å². The monoisotopic (exact) mass is 153 g/mol. The maximum atomic E-state index is 3.87. The Morgan fingerprint density at radius 1 is 1.25 bits per heavy atom. The first-order chi connectivity index (χ1) is 3.43. The zero-order valence-electron chi connectivity index (χ0n) is 5.17. The summed E-state index contributed by atoms with van der Waals surface area (Å²) < 4.78 is 0. The van der Waals surface area contributed by atoms with Crippen LogP contribution >= 0.6 is 0 Å². The van der Waals surface area contributed by atoms with Gasteiger partial charge in [-0.05, 0) is 0 Å². The Morgan fingerprint density at radius 2 is 1.75 bits per heavy atom. The summed E-state index contributed by atoms with van der Waals surface area (Å²) >= 11 is 0. The predicted octanol–water partition coefficient (Wildman–Crippen LogP) is 2.40. The molecule has 8 heavy (non-hydrogen) atoms. The standard InChI is InChI=1S/C7H13.Fe/c1-2-7-5-3-4-6-7;/h7H,1-6H2;/q-1;. The number of hydrogen-bond acceptors (Lipinski definition) is 0. The van der Waals surface area contributed by atoms with Crippen LogP contribution in [0.4, 0.5) is 0 Å². The van der Waals surface area contributed by atoms with Gasteiger partial charge in [-0.2, -0.15) is 6.42 Å². The third kappa shape index (κ3) is 2.19. The van der Waals surface area contributed by atoms with E-state index in [0.29, 0.717) is 0 Å². The minimum absolute atomic E-state index is 0. The molecule has 0 nitrogen and oxygen atoms in total. The molecule has 0 aliphatic heterocycles. The summed E-state index contributed by atoms with van der Waals surface area (Å²) in [4.78, 5) is 0. The van der Waals surface area contributed by atoms with Crippen molar-refractivity contribution < 1.29 is 17.1 Å². The summed E-state index contributed by atoms with van der Waals surface area (Å²) in [5, 5.41) is 0. The molecule has 1 aliphatic rings. The van der Waals surface area contributed by atoms with Crippen molar-refractivity contribution in [2.45, 2.75) is 32.1 Å². The average molecular weight is 153 g/mol. The molecule has 0 aromatic rings. The first-order valence-corrected chi connectivity index (χ1v) is 3.22. The van der Waals surface area contributed by atoms with Crippen LogP contribution in [0, 0.1) is 12.8 Å². The molecule has 0 heterocycles. The van der Waals surface area contributed by atoms with Gasteiger partial charge in [-0.1, -0.05) is 31.6 Å². The third-order valence-electron chi connectivity index (χ3n) is 1.88. The van der Waals surface area contributed by atoms with Crippen molar-refractivity contribution in [3.05, 3.63) is 6.92 Å². The SMILES string of the molecule is [CH2-]CC1CCCC1.[Fe]. The molecule has 0 atom stereocenters. The van der Waals surface area contributed by atoms with Crippen LogP contribution in [0.1, 0.15) is 32.1 Å². The Balaban J connectivity index is 0.000000490. The van der Waals surface area contributed by atoms with Gasteiger partial charge in [0.1, 0.15) is 0 Å². The van der Waals surface area contributed by atoms with Crippen LogP contribution in [0.3, 0.4) is 0 Å². The van der Waals surface area contributed by atoms with Gasteiger partial charge in [0.05, 0.1) is 0 Å². The molecule has 0 aromatic carbocycles. The Bertz CT molecular complexity index is 46.3. The fourth-order valence-electron chi connectivity index (χ4n) is 1.30. The molecule has 0 unspecified atom stereocenters. The van der Waals surface area contributed by atoms with E-state index in [0.717, 1.165) is 5.92 Å². The van der Waals surface area contributed by atoms with Crippen LogP contribution < -0.4 is 0 Å². The molecule has 0 bridgehead atoms. The fourth-order valence-corrected chi connectivity index (χ4v) is 1.30. The molecule has 1 heteroatoms. The Labute approximate surface area is 62.5 Å². The second kappa shape index (κ2) is 4.40. The van der Waals surface area contributed by atoms with E-state index in [1.165, 1.54) is 32.1 Å². The molecule has 0 N–H and O–H groups in total. The van der Waals surface area contributed by atoms with Gasteiger partial charge in [-0.3, -0.25) is 0 Å². The van der Waals surface area contributed by atoms with Gasteiger partial charge in [0, 0.05) is 17.1 Å². The normalized spacial score (nSPS) is 20.6. The molecule has 1 aliphatic carbocycles. The van der Waals surface area contributed by atoms with Gasteiger partial charge in [0.2, 0.25) is 0 Å². The van der Waals surface area contributed by atoms with Gasteiger partial charge in [-0.15, -0.1) is 0 Å². The van der Waals surface area contributed by atoms with Crippen LogP contribution in [0.15, 0.2) is 0 Å². The summed E-state index contributed by atoms with van der Waals surface area (Å²) in [5.74, 6) is 0.986.